The number of benzene rings is 2. The average molecular weight is 440 g/mol. The number of nitrogens with zero attached hydrogens (tertiary/aromatic N) is 5. The van der Waals surface area contributed by atoms with Crippen LogP contribution in [-0.4, -0.2) is 25.8 Å². The highest BCUT2D eigenvalue weighted by Gasteiger charge is 2.11. The maximum Gasteiger partial charge on any atom is 0.269 e. The van der Waals surface area contributed by atoms with Crippen LogP contribution < -0.4 is 4.80 Å². The maximum absolute atomic E-state index is 11.0. The van der Waals surface area contributed by atoms with Crippen LogP contribution in [0.3, 0.4) is 0 Å². The molecule has 3 heterocycles. The molecule has 0 fully saturated rings. The van der Waals surface area contributed by atoms with Crippen LogP contribution in [0, 0.1) is 10.1 Å². The Morgan fingerprint density at radius 3 is 2.72 bits per heavy atom. The largest absolute Gasteiger partial charge is 0.361 e. The molecule has 5 aromatic rings. The lowest BCUT2D eigenvalue weighted by atomic mass is 10.1. The average Bonchev–Trinajstić information content (AvgIpc) is 3.42. The highest BCUT2D eigenvalue weighted by Crippen LogP contribution is 2.24. The van der Waals surface area contributed by atoms with Gasteiger partial charge in [-0.15, -0.1) is 11.3 Å². The molecule has 0 spiro atoms. The monoisotopic (exact) mass is 440 g/mol. The van der Waals surface area contributed by atoms with Crippen molar-refractivity contribution >= 4 is 39.8 Å². The fraction of sp³-hybridized carbons (Fsp3) is 0. The van der Waals surface area contributed by atoms with Gasteiger partial charge in [0.25, 0.3) is 5.69 Å². The minimum absolute atomic E-state index is 0.0399. The van der Waals surface area contributed by atoms with Crippen molar-refractivity contribution in [1.82, 2.24) is 14.6 Å². The molecule has 5 rings (SSSR count). The Kier molecular flexibility index (Phi) is 5.14. The van der Waals surface area contributed by atoms with E-state index in [0.717, 1.165) is 27.7 Å². The molecular formula is C23H16N6O2S. The Labute approximate surface area is 186 Å². The summed E-state index contributed by atoms with van der Waals surface area (Å²) in [4.78, 5) is 23.3. The van der Waals surface area contributed by atoms with E-state index in [9.17, 15) is 10.1 Å². The standard InChI is InChI=1S/C23H16N6O2S/c30-29(31)19-9-7-16(8-10-19)22-15-32-23(27-18-4-3-11-24-14-18)28(22)26-13-17-12-25-21-6-2-1-5-20(17)21/h1-15,25H. The number of aromatic nitrogens is 3. The van der Waals surface area contributed by atoms with E-state index >= 15 is 0 Å². The second-order valence-electron chi connectivity index (χ2n) is 6.88. The first-order valence-electron chi connectivity index (χ1n) is 9.70. The van der Waals surface area contributed by atoms with Crippen LogP contribution in [0.2, 0.25) is 0 Å². The first kappa shape index (κ1) is 19.6. The van der Waals surface area contributed by atoms with E-state index in [2.05, 4.69) is 15.0 Å². The molecule has 0 bridgehead atoms. The van der Waals surface area contributed by atoms with Gasteiger partial charge in [0.1, 0.15) is 0 Å². The lowest BCUT2D eigenvalue weighted by molar-refractivity contribution is -0.384. The number of hydrogen-bond acceptors (Lipinski definition) is 6. The first-order valence-corrected chi connectivity index (χ1v) is 10.6. The topological polar surface area (TPSA) is 101 Å². The fourth-order valence-corrected chi connectivity index (χ4v) is 4.15. The van der Waals surface area contributed by atoms with E-state index < -0.39 is 4.92 Å². The van der Waals surface area contributed by atoms with Crippen LogP contribution in [-0.2, 0) is 0 Å². The Bertz CT molecular complexity index is 1500. The van der Waals surface area contributed by atoms with E-state index in [-0.39, 0.29) is 5.69 Å². The van der Waals surface area contributed by atoms with Gasteiger partial charge in [-0.25, -0.2) is 9.67 Å². The minimum Gasteiger partial charge on any atom is -0.361 e. The lowest BCUT2D eigenvalue weighted by Gasteiger charge is -2.03. The second-order valence-corrected chi connectivity index (χ2v) is 7.71. The zero-order valence-corrected chi connectivity index (χ0v) is 17.4. The number of thiazole rings is 1. The fourth-order valence-electron chi connectivity index (χ4n) is 3.29. The van der Waals surface area contributed by atoms with Gasteiger partial charge in [0, 0.05) is 51.9 Å². The molecule has 0 radical (unpaired) electrons. The van der Waals surface area contributed by atoms with E-state index in [1.165, 1.54) is 23.5 Å². The van der Waals surface area contributed by atoms with Crippen LogP contribution in [0.15, 0.2) is 94.7 Å². The Morgan fingerprint density at radius 2 is 1.94 bits per heavy atom. The van der Waals surface area contributed by atoms with Gasteiger partial charge in [0.15, 0.2) is 0 Å². The van der Waals surface area contributed by atoms with Gasteiger partial charge in [-0.2, -0.15) is 5.10 Å². The SMILES string of the molecule is O=[N+]([O-])c1ccc(-c2csc(=Nc3cccnc3)n2N=Cc2c[nH]c3ccccc23)cc1. The summed E-state index contributed by atoms with van der Waals surface area (Å²) >= 11 is 1.43. The van der Waals surface area contributed by atoms with Gasteiger partial charge in [-0.3, -0.25) is 15.1 Å². The molecule has 156 valence electrons. The van der Waals surface area contributed by atoms with Crippen LogP contribution in [0.25, 0.3) is 22.2 Å². The molecule has 2 aromatic carbocycles. The number of nitro groups is 1. The zero-order chi connectivity index (χ0) is 21.9. The number of fused-ring (bicyclic) bond motifs is 1. The van der Waals surface area contributed by atoms with E-state index in [4.69, 9.17) is 5.10 Å². The summed E-state index contributed by atoms with van der Waals surface area (Å²) in [5, 5.41) is 18.7. The summed E-state index contributed by atoms with van der Waals surface area (Å²) in [5.74, 6) is 0. The molecule has 0 amide bonds. The van der Waals surface area contributed by atoms with Crippen molar-refractivity contribution in [3.63, 3.8) is 0 Å². The van der Waals surface area contributed by atoms with Crippen LogP contribution in [0.4, 0.5) is 11.4 Å². The second kappa shape index (κ2) is 8.40. The van der Waals surface area contributed by atoms with Gasteiger partial charge in [0.05, 0.1) is 28.7 Å². The van der Waals surface area contributed by atoms with Crippen LogP contribution in [0.5, 0.6) is 0 Å². The number of nitrogens with one attached hydrogen (secondary N) is 1. The van der Waals surface area contributed by atoms with Crippen LogP contribution in [0.1, 0.15) is 5.56 Å². The van der Waals surface area contributed by atoms with Gasteiger partial charge in [-0.05, 0) is 30.3 Å². The molecule has 0 aliphatic carbocycles. The predicted molar refractivity (Wildman–Crippen MR) is 125 cm³/mol. The zero-order valence-electron chi connectivity index (χ0n) is 16.6. The molecule has 0 saturated heterocycles. The Hall–Kier alpha value is -4.37. The summed E-state index contributed by atoms with van der Waals surface area (Å²) in [5.41, 5.74) is 4.30. The van der Waals surface area contributed by atoms with Crippen molar-refractivity contribution in [2.75, 3.05) is 0 Å². The normalized spacial score (nSPS) is 12.1. The van der Waals surface area contributed by atoms with E-state index in [0.29, 0.717) is 10.5 Å². The summed E-state index contributed by atoms with van der Waals surface area (Å²) in [6, 6.07) is 18.1. The number of nitro benzene ring substituents is 1. The smallest absolute Gasteiger partial charge is 0.269 e. The molecule has 3 aromatic heterocycles. The highest BCUT2D eigenvalue weighted by molar-refractivity contribution is 7.07. The molecule has 0 atom stereocenters. The van der Waals surface area contributed by atoms with E-state index in [1.54, 1.807) is 35.4 Å². The summed E-state index contributed by atoms with van der Waals surface area (Å²) in [6.45, 7) is 0. The van der Waals surface area contributed by atoms with Crippen molar-refractivity contribution in [3.8, 4) is 11.3 Å². The molecule has 1 N–H and O–H groups in total. The molecule has 8 nitrogen and oxygen atoms in total. The van der Waals surface area contributed by atoms with Crippen molar-refractivity contribution in [2.24, 2.45) is 10.1 Å². The molecule has 9 heteroatoms. The first-order chi connectivity index (χ1) is 15.7. The van der Waals surface area contributed by atoms with Crippen LogP contribution >= 0.6 is 11.3 Å². The maximum atomic E-state index is 11.0. The van der Waals surface area contributed by atoms with Gasteiger partial charge < -0.3 is 4.98 Å². The van der Waals surface area contributed by atoms with Gasteiger partial charge in [0.2, 0.25) is 4.80 Å². The Balaban J connectivity index is 1.63. The third-order valence-electron chi connectivity index (χ3n) is 4.86. The molecule has 0 saturated carbocycles. The molecule has 0 aliphatic rings. The molecule has 0 aliphatic heterocycles. The molecule has 32 heavy (non-hydrogen) atoms. The minimum atomic E-state index is -0.413. The summed E-state index contributed by atoms with van der Waals surface area (Å²) in [7, 11) is 0. The number of aromatic amines is 1. The lowest BCUT2D eigenvalue weighted by Crippen LogP contribution is -2.11. The number of non-ortho nitro benzene ring substituents is 1. The van der Waals surface area contributed by atoms with Crippen molar-refractivity contribution in [1.29, 1.82) is 0 Å². The molecular weight excluding hydrogens is 424 g/mol. The van der Waals surface area contributed by atoms with Crippen molar-refractivity contribution in [2.45, 2.75) is 0 Å². The number of H-pyrrole nitrogens is 1. The van der Waals surface area contributed by atoms with E-state index in [1.807, 2.05) is 48.0 Å². The van der Waals surface area contributed by atoms with Gasteiger partial charge in [-0.1, -0.05) is 18.2 Å². The summed E-state index contributed by atoms with van der Waals surface area (Å²) in [6.07, 6.45) is 7.06. The quantitative estimate of drug-likeness (QED) is 0.233. The Morgan fingerprint density at radius 1 is 1.09 bits per heavy atom. The number of hydrogen-bond donors (Lipinski definition) is 1. The number of pyridine rings is 1. The van der Waals surface area contributed by atoms with Crippen molar-refractivity contribution in [3.05, 3.63) is 105 Å². The third-order valence-corrected chi connectivity index (χ3v) is 5.68. The number of rotatable bonds is 5. The predicted octanol–water partition coefficient (Wildman–Crippen LogP) is 5.12. The number of para-hydroxylation sites is 1. The highest BCUT2D eigenvalue weighted by atomic mass is 32.1. The third kappa shape index (κ3) is 3.84. The van der Waals surface area contributed by atoms with Crippen molar-refractivity contribution < 1.29 is 4.92 Å². The summed E-state index contributed by atoms with van der Waals surface area (Å²) < 4.78 is 1.74. The van der Waals surface area contributed by atoms with Gasteiger partial charge >= 0.3 is 0 Å². The molecule has 0 unspecified atom stereocenters.